The van der Waals surface area contributed by atoms with E-state index in [9.17, 15) is 0 Å². The Kier molecular flexibility index (Phi) is 7.22. The zero-order chi connectivity index (χ0) is 32.7. The summed E-state index contributed by atoms with van der Waals surface area (Å²) in [5, 5.41) is 11.4. The first kappa shape index (κ1) is 29.1. The molecule has 0 N–H and O–H groups in total. The molecule has 1 aromatic heterocycles. The van der Waals surface area contributed by atoms with Crippen LogP contribution in [-0.2, 0) is 6.54 Å². The minimum Gasteiger partial charge on any atom is -0.259 e. The fourth-order valence-electron chi connectivity index (χ4n) is 7.15. The van der Waals surface area contributed by atoms with E-state index in [4.69, 9.17) is 16.7 Å². The number of aromatic nitrogens is 2. The van der Waals surface area contributed by atoms with Gasteiger partial charge >= 0.3 is 0 Å². The van der Waals surface area contributed by atoms with Crippen LogP contribution in [0.2, 0.25) is 5.02 Å². The van der Waals surface area contributed by atoms with Gasteiger partial charge in [-0.2, -0.15) is 15.0 Å². The van der Waals surface area contributed by atoms with Crippen LogP contribution in [-0.4, -0.2) is 9.89 Å². The summed E-state index contributed by atoms with van der Waals surface area (Å²) in [5.74, 6) is 0. The van der Waals surface area contributed by atoms with Gasteiger partial charge in [0.2, 0.25) is 0 Å². The summed E-state index contributed by atoms with van der Waals surface area (Å²) in [6.45, 7) is 0.612. The van der Waals surface area contributed by atoms with E-state index in [-0.39, 0.29) is 0 Å². The van der Waals surface area contributed by atoms with Gasteiger partial charge in [0.25, 0.3) is 0 Å². The zero-order valence-corrected chi connectivity index (χ0v) is 27.4. The fourth-order valence-corrected chi connectivity index (χ4v) is 7.38. The summed E-state index contributed by atoms with van der Waals surface area (Å²) in [5.41, 5.74) is 13.5. The van der Waals surface area contributed by atoms with Gasteiger partial charge in [-0.15, -0.1) is 0 Å². The van der Waals surface area contributed by atoms with Gasteiger partial charge in [0.1, 0.15) is 0 Å². The molecule has 0 atom stereocenters. The van der Waals surface area contributed by atoms with Crippen LogP contribution in [0.15, 0.2) is 176 Å². The van der Waals surface area contributed by atoms with Crippen LogP contribution in [0.3, 0.4) is 0 Å². The molecule has 4 nitrogen and oxygen atoms in total. The van der Waals surface area contributed by atoms with Crippen molar-refractivity contribution in [2.75, 3.05) is 10.1 Å². The first-order valence-corrected chi connectivity index (χ1v) is 16.8. The number of para-hydroxylation sites is 1. The maximum atomic E-state index is 6.96. The van der Waals surface area contributed by atoms with Crippen molar-refractivity contribution in [2.24, 2.45) is 0 Å². The normalized spacial score (nSPS) is 12.4. The molecule has 0 aliphatic carbocycles. The number of hydrogen-bond acceptors (Lipinski definition) is 3. The van der Waals surface area contributed by atoms with Crippen LogP contribution >= 0.6 is 11.6 Å². The van der Waals surface area contributed by atoms with E-state index in [0.717, 1.165) is 33.4 Å². The van der Waals surface area contributed by atoms with Crippen molar-refractivity contribution in [1.82, 2.24) is 9.89 Å². The Balaban J connectivity index is 1.30. The Morgan fingerprint density at radius 3 is 1.59 bits per heavy atom. The van der Waals surface area contributed by atoms with Gasteiger partial charge in [-0.25, -0.2) is 0 Å². The second kappa shape index (κ2) is 12.2. The summed E-state index contributed by atoms with van der Waals surface area (Å²) < 4.78 is 0. The van der Waals surface area contributed by atoms with Crippen molar-refractivity contribution in [3.8, 4) is 44.5 Å². The van der Waals surface area contributed by atoms with Gasteiger partial charge < -0.3 is 0 Å². The van der Waals surface area contributed by atoms with Crippen LogP contribution in [0, 0.1) is 0 Å². The molecular formula is C44H31ClN4. The summed E-state index contributed by atoms with van der Waals surface area (Å²) >= 11 is 6.96. The SMILES string of the molecule is Clc1ccccc1N1Cc2c(ccc(-c3ccccc3)c2-c2ccccc2)N1n1cc2c(-c3ccccc3)c(-c3ccccc3)ccc2n1. The monoisotopic (exact) mass is 650 g/mol. The molecule has 0 amide bonds. The van der Waals surface area contributed by atoms with E-state index in [2.05, 4.69) is 168 Å². The molecule has 1 aliphatic heterocycles. The number of anilines is 2. The summed E-state index contributed by atoms with van der Waals surface area (Å²) in [4.78, 5) is 1.98. The summed E-state index contributed by atoms with van der Waals surface area (Å²) in [6.07, 6.45) is 2.16. The topological polar surface area (TPSA) is 24.3 Å². The minimum atomic E-state index is 0.612. The number of halogens is 1. The third-order valence-electron chi connectivity index (χ3n) is 9.34. The van der Waals surface area contributed by atoms with Crippen LogP contribution in [0.4, 0.5) is 11.4 Å². The maximum absolute atomic E-state index is 6.96. The summed E-state index contributed by atoms with van der Waals surface area (Å²) in [7, 11) is 0. The highest BCUT2D eigenvalue weighted by molar-refractivity contribution is 6.33. The second-order valence-corrected chi connectivity index (χ2v) is 12.6. The number of fused-ring (bicyclic) bond motifs is 2. The average molecular weight is 651 g/mol. The van der Waals surface area contributed by atoms with Gasteiger partial charge in [-0.05, 0) is 63.2 Å². The molecule has 0 fully saturated rings. The smallest absolute Gasteiger partial charge is 0.0951 e. The van der Waals surface area contributed by atoms with Gasteiger partial charge in [-0.1, -0.05) is 157 Å². The molecule has 2 heterocycles. The molecule has 9 rings (SSSR count). The van der Waals surface area contributed by atoms with Gasteiger partial charge in [0.15, 0.2) is 0 Å². The molecule has 1 aliphatic rings. The highest BCUT2D eigenvalue weighted by Gasteiger charge is 2.34. The Hall–Kier alpha value is -6.10. The quantitative estimate of drug-likeness (QED) is 0.179. The van der Waals surface area contributed by atoms with Crippen molar-refractivity contribution < 1.29 is 0 Å². The molecule has 0 saturated heterocycles. The predicted octanol–water partition coefficient (Wildman–Crippen LogP) is 11.6. The number of hydrogen-bond donors (Lipinski definition) is 0. The van der Waals surface area contributed by atoms with E-state index >= 15 is 0 Å². The number of benzene rings is 7. The predicted molar refractivity (Wildman–Crippen MR) is 203 cm³/mol. The molecule has 0 saturated carbocycles. The maximum Gasteiger partial charge on any atom is 0.0951 e. The van der Waals surface area contributed by atoms with E-state index < -0.39 is 0 Å². The van der Waals surface area contributed by atoms with Crippen LogP contribution in [0.1, 0.15) is 5.56 Å². The standard InChI is InChI=1S/C44H31ClN4/c45-39-23-13-14-24-42(39)47-29-38-41(28-26-36(32-17-7-2-8-18-32)44(38)34-21-11-4-12-22-34)49(47)48-30-37-40(46-48)27-25-35(31-15-5-1-6-16-31)43(37)33-19-9-3-10-20-33/h1-28,30H,29H2. The average Bonchev–Trinajstić information content (AvgIpc) is 3.77. The van der Waals surface area contributed by atoms with E-state index in [0.29, 0.717) is 11.6 Å². The Morgan fingerprint density at radius 2 is 0.980 bits per heavy atom. The van der Waals surface area contributed by atoms with E-state index in [1.807, 2.05) is 23.0 Å². The molecule has 49 heavy (non-hydrogen) atoms. The number of rotatable bonds is 6. The summed E-state index contributed by atoms with van der Waals surface area (Å²) in [6, 6.07) is 59.3. The minimum absolute atomic E-state index is 0.612. The van der Waals surface area contributed by atoms with Crippen molar-refractivity contribution in [3.05, 3.63) is 187 Å². The first-order valence-electron chi connectivity index (χ1n) is 16.5. The molecule has 8 aromatic rings. The van der Waals surface area contributed by atoms with Crippen molar-refractivity contribution in [1.29, 1.82) is 0 Å². The molecule has 0 unspecified atom stereocenters. The molecule has 7 aromatic carbocycles. The highest BCUT2D eigenvalue weighted by atomic mass is 35.5. The van der Waals surface area contributed by atoms with Gasteiger partial charge in [0, 0.05) is 16.5 Å². The Labute approximate surface area is 290 Å². The third-order valence-corrected chi connectivity index (χ3v) is 9.66. The fraction of sp³-hybridized carbons (Fsp3) is 0.0227. The molecule has 234 valence electrons. The van der Waals surface area contributed by atoms with Gasteiger partial charge in [0.05, 0.1) is 34.7 Å². The van der Waals surface area contributed by atoms with Crippen molar-refractivity contribution >= 4 is 33.9 Å². The second-order valence-electron chi connectivity index (χ2n) is 12.2. The third kappa shape index (κ3) is 5.05. The lowest BCUT2D eigenvalue weighted by Crippen LogP contribution is -2.42. The molecule has 0 spiro atoms. The lowest BCUT2D eigenvalue weighted by atomic mass is 9.90. The Bertz CT molecular complexity index is 2420. The van der Waals surface area contributed by atoms with Crippen LogP contribution in [0.5, 0.6) is 0 Å². The van der Waals surface area contributed by atoms with Crippen LogP contribution < -0.4 is 10.1 Å². The van der Waals surface area contributed by atoms with E-state index in [1.54, 1.807) is 0 Å². The zero-order valence-electron chi connectivity index (χ0n) is 26.6. The first-order chi connectivity index (χ1) is 24.2. The lowest BCUT2D eigenvalue weighted by Gasteiger charge is -2.31. The largest absolute Gasteiger partial charge is 0.259 e. The number of hydrazine groups is 1. The van der Waals surface area contributed by atoms with Gasteiger partial charge in [-0.3, -0.25) is 5.01 Å². The van der Waals surface area contributed by atoms with E-state index in [1.165, 1.54) is 38.9 Å². The lowest BCUT2D eigenvalue weighted by molar-refractivity contribution is 0.606. The van der Waals surface area contributed by atoms with Crippen LogP contribution in [0.25, 0.3) is 55.4 Å². The molecule has 5 heteroatoms. The number of nitrogens with zero attached hydrogens (tertiary/aromatic N) is 4. The molecule has 0 radical (unpaired) electrons. The molecular weight excluding hydrogens is 620 g/mol. The molecule has 0 bridgehead atoms. The Morgan fingerprint density at radius 1 is 0.469 bits per heavy atom. The van der Waals surface area contributed by atoms with Crippen molar-refractivity contribution in [2.45, 2.75) is 6.54 Å². The van der Waals surface area contributed by atoms with Crippen molar-refractivity contribution in [3.63, 3.8) is 0 Å². The highest BCUT2D eigenvalue weighted by Crippen LogP contribution is 2.47.